The molecule has 0 amide bonds. The van der Waals surface area contributed by atoms with Crippen LogP contribution in [-0.2, 0) is 12.5 Å². The highest BCUT2D eigenvalue weighted by molar-refractivity contribution is 5.66. The number of unbranched alkanes of at least 4 members (excludes halogenated alkanes) is 1. The van der Waals surface area contributed by atoms with Crippen molar-refractivity contribution in [2.75, 3.05) is 20.2 Å². The van der Waals surface area contributed by atoms with Crippen LogP contribution >= 0.6 is 0 Å². The summed E-state index contributed by atoms with van der Waals surface area (Å²) in [4.78, 5) is 2.23. The molecule has 3 rings (SSSR count). The number of rotatable bonds is 11. The van der Waals surface area contributed by atoms with Crippen LogP contribution in [0.1, 0.15) is 76.3 Å². The number of benzene rings is 1. The van der Waals surface area contributed by atoms with E-state index in [0.29, 0.717) is 23.8 Å². The van der Waals surface area contributed by atoms with Gasteiger partial charge in [0.2, 0.25) is 0 Å². The molecule has 1 aliphatic carbocycles. The summed E-state index contributed by atoms with van der Waals surface area (Å²) in [6, 6.07) is 4.89. The van der Waals surface area contributed by atoms with Gasteiger partial charge < -0.3 is 9.64 Å². The van der Waals surface area contributed by atoms with Crippen LogP contribution in [0.5, 0.6) is 5.75 Å². The lowest BCUT2D eigenvalue weighted by atomic mass is 9.87. The van der Waals surface area contributed by atoms with E-state index in [-0.39, 0.29) is 5.56 Å². The van der Waals surface area contributed by atoms with Crippen molar-refractivity contribution >= 4 is 0 Å². The van der Waals surface area contributed by atoms with Crippen molar-refractivity contribution in [3.63, 3.8) is 0 Å². The largest absolute Gasteiger partial charge is 0.494 e. The number of hydrogen-bond donors (Lipinski definition) is 1. The molecule has 1 aliphatic rings. The first-order valence-electron chi connectivity index (χ1n) is 11.7. The van der Waals surface area contributed by atoms with Crippen LogP contribution < -0.4 is 4.74 Å². The highest BCUT2D eigenvalue weighted by Gasteiger charge is 2.26. The van der Waals surface area contributed by atoms with Crippen molar-refractivity contribution in [2.45, 2.75) is 77.7 Å². The molecule has 1 aromatic carbocycles. The zero-order valence-electron chi connectivity index (χ0n) is 19.2. The zero-order valence-corrected chi connectivity index (χ0v) is 19.2. The first-order valence-corrected chi connectivity index (χ1v) is 11.7. The lowest BCUT2D eigenvalue weighted by Gasteiger charge is -2.22. The van der Waals surface area contributed by atoms with Crippen LogP contribution in [0.15, 0.2) is 24.4 Å². The third-order valence-corrected chi connectivity index (χ3v) is 6.27. The smallest absolute Gasteiger partial charge is 0.270 e. The van der Waals surface area contributed by atoms with Crippen LogP contribution in [0.25, 0.3) is 11.3 Å². The summed E-state index contributed by atoms with van der Waals surface area (Å²) in [5.74, 6) is -1.73. The number of aromatic nitrogens is 2. The molecule has 0 aliphatic heterocycles. The molecular weight excluding hydrogens is 396 g/mol. The highest BCUT2D eigenvalue weighted by atomic mass is 19.3. The molecule has 1 fully saturated rings. The number of H-pyrrole nitrogens is 1. The molecule has 1 aromatic heterocycles. The Morgan fingerprint density at radius 3 is 2.68 bits per heavy atom. The normalized spacial score (nSPS) is 15.5. The van der Waals surface area contributed by atoms with Gasteiger partial charge in [-0.2, -0.15) is 5.10 Å². The van der Waals surface area contributed by atoms with Gasteiger partial charge in [-0.1, -0.05) is 45.4 Å². The second kappa shape index (κ2) is 11.1. The molecule has 1 heterocycles. The molecule has 31 heavy (non-hydrogen) atoms. The predicted octanol–water partition coefficient (Wildman–Crippen LogP) is 6.77. The standard InChI is InChI=1S/C25H37F2N3O/c1-4-5-12-30(3)18-21-17-28-29-24(21)20-14-22(25(2,26)27)16-23(15-20)31-13-11-19-9-7-6-8-10-19/h14-17,19H,4-13,18H2,1-3H3,(H,28,29). The lowest BCUT2D eigenvalue weighted by molar-refractivity contribution is 0.0172. The molecule has 0 atom stereocenters. The van der Waals surface area contributed by atoms with Gasteiger partial charge in [-0.05, 0) is 50.6 Å². The van der Waals surface area contributed by atoms with E-state index in [0.717, 1.165) is 50.5 Å². The molecular formula is C25H37F2N3O. The molecule has 0 saturated heterocycles. The summed E-state index contributed by atoms with van der Waals surface area (Å²) < 4.78 is 34.4. The first-order chi connectivity index (χ1) is 14.9. The topological polar surface area (TPSA) is 41.2 Å². The Morgan fingerprint density at radius 2 is 1.97 bits per heavy atom. The molecule has 1 N–H and O–H groups in total. The summed E-state index contributed by atoms with van der Waals surface area (Å²) in [5.41, 5.74) is 2.45. The maximum absolute atomic E-state index is 14.2. The number of nitrogens with zero attached hydrogens (tertiary/aromatic N) is 2. The van der Waals surface area contributed by atoms with Crippen molar-refractivity contribution in [1.29, 1.82) is 0 Å². The van der Waals surface area contributed by atoms with Crippen molar-refractivity contribution in [3.8, 4) is 17.0 Å². The SMILES string of the molecule is CCCCN(C)Cc1cn[nH]c1-c1cc(OCCC2CCCCC2)cc(C(C)(F)F)c1. The number of ether oxygens (including phenoxy) is 1. The van der Waals surface area contributed by atoms with E-state index in [2.05, 4.69) is 29.1 Å². The number of halogens is 2. The lowest BCUT2D eigenvalue weighted by Crippen LogP contribution is -2.19. The van der Waals surface area contributed by atoms with Gasteiger partial charge in [-0.25, -0.2) is 8.78 Å². The molecule has 0 unspecified atom stereocenters. The summed E-state index contributed by atoms with van der Waals surface area (Å²) in [7, 11) is 2.07. The van der Waals surface area contributed by atoms with Gasteiger partial charge in [-0.3, -0.25) is 5.10 Å². The molecule has 0 radical (unpaired) electrons. The van der Waals surface area contributed by atoms with E-state index < -0.39 is 5.92 Å². The summed E-state index contributed by atoms with van der Waals surface area (Å²) >= 11 is 0. The molecule has 1 saturated carbocycles. The van der Waals surface area contributed by atoms with Gasteiger partial charge in [0.15, 0.2) is 0 Å². The van der Waals surface area contributed by atoms with Crippen molar-refractivity contribution in [2.24, 2.45) is 5.92 Å². The molecule has 2 aromatic rings. The summed E-state index contributed by atoms with van der Waals surface area (Å²) in [6.07, 6.45) is 11.5. The van der Waals surface area contributed by atoms with Crippen LogP contribution in [0.3, 0.4) is 0 Å². The molecule has 6 heteroatoms. The predicted molar refractivity (Wildman–Crippen MR) is 122 cm³/mol. The molecule has 4 nitrogen and oxygen atoms in total. The maximum Gasteiger partial charge on any atom is 0.270 e. The van der Waals surface area contributed by atoms with Gasteiger partial charge in [0.05, 0.1) is 18.5 Å². The van der Waals surface area contributed by atoms with Crippen LogP contribution in [-0.4, -0.2) is 35.3 Å². The Morgan fingerprint density at radius 1 is 1.19 bits per heavy atom. The average molecular weight is 434 g/mol. The molecule has 172 valence electrons. The summed E-state index contributed by atoms with van der Waals surface area (Å²) in [6.45, 7) is 5.38. The first kappa shape index (κ1) is 23.7. The van der Waals surface area contributed by atoms with Gasteiger partial charge in [0.1, 0.15) is 5.75 Å². The van der Waals surface area contributed by atoms with E-state index in [9.17, 15) is 8.78 Å². The monoisotopic (exact) mass is 433 g/mol. The Bertz CT molecular complexity index is 809. The van der Waals surface area contributed by atoms with Gasteiger partial charge in [0, 0.05) is 30.2 Å². The van der Waals surface area contributed by atoms with E-state index in [1.54, 1.807) is 12.3 Å². The van der Waals surface area contributed by atoms with Crippen LogP contribution in [0.4, 0.5) is 8.78 Å². The fraction of sp³-hybridized carbons (Fsp3) is 0.640. The Kier molecular flexibility index (Phi) is 8.47. The third-order valence-electron chi connectivity index (χ3n) is 6.27. The van der Waals surface area contributed by atoms with Gasteiger partial charge >= 0.3 is 0 Å². The zero-order chi connectivity index (χ0) is 22.3. The third kappa shape index (κ3) is 7.03. The minimum Gasteiger partial charge on any atom is -0.494 e. The Balaban J connectivity index is 1.77. The van der Waals surface area contributed by atoms with Gasteiger partial charge in [-0.15, -0.1) is 0 Å². The number of hydrogen-bond acceptors (Lipinski definition) is 3. The summed E-state index contributed by atoms with van der Waals surface area (Å²) in [5, 5.41) is 7.22. The maximum atomic E-state index is 14.2. The van der Waals surface area contributed by atoms with E-state index in [4.69, 9.17) is 4.74 Å². The van der Waals surface area contributed by atoms with E-state index in [1.165, 1.54) is 38.2 Å². The number of alkyl halides is 2. The average Bonchev–Trinajstić information content (AvgIpc) is 3.20. The Hall–Kier alpha value is -1.95. The van der Waals surface area contributed by atoms with Crippen LogP contribution in [0.2, 0.25) is 0 Å². The van der Waals surface area contributed by atoms with Crippen molar-refractivity contribution in [1.82, 2.24) is 15.1 Å². The van der Waals surface area contributed by atoms with Crippen molar-refractivity contribution < 1.29 is 13.5 Å². The molecule has 0 bridgehead atoms. The Labute approximate surface area is 185 Å². The minimum absolute atomic E-state index is 0.0300. The van der Waals surface area contributed by atoms with E-state index in [1.807, 2.05) is 6.07 Å². The number of nitrogens with one attached hydrogen (secondary N) is 1. The fourth-order valence-corrected chi connectivity index (χ4v) is 4.38. The van der Waals surface area contributed by atoms with Crippen LogP contribution in [0, 0.1) is 5.92 Å². The quantitative estimate of drug-likeness (QED) is 0.425. The fourth-order valence-electron chi connectivity index (χ4n) is 4.38. The second-order valence-electron chi connectivity index (χ2n) is 9.14. The minimum atomic E-state index is -2.93. The highest BCUT2D eigenvalue weighted by Crippen LogP contribution is 2.35. The molecule has 0 spiro atoms. The van der Waals surface area contributed by atoms with E-state index >= 15 is 0 Å². The number of aromatic amines is 1. The van der Waals surface area contributed by atoms with Gasteiger partial charge in [0.25, 0.3) is 5.92 Å². The second-order valence-corrected chi connectivity index (χ2v) is 9.14. The van der Waals surface area contributed by atoms with Crippen molar-refractivity contribution in [3.05, 3.63) is 35.5 Å².